The molecule has 1 aromatic carbocycles. The number of hydrogen-bond acceptors (Lipinski definition) is 2. The van der Waals surface area contributed by atoms with Gasteiger partial charge in [0, 0.05) is 11.5 Å². The second kappa shape index (κ2) is 5.96. The molecule has 0 aliphatic carbocycles. The molecule has 0 saturated carbocycles. The molecule has 0 heterocycles. The minimum atomic E-state index is -0.273. The van der Waals surface area contributed by atoms with Gasteiger partial charge in [-0.25, -0.2) is 4.39 Å². The minimum Gasteiger partial charge on any atom is -0.494 e. The molecule has 1 rings (SSSR count). The monoisotopic (exact) mass is 255 g/mol. The fourth-order valence-corrected chi connectivity index (χ4v) is 1.88. The molecule has 0 aliphatic rings. The van der Waals surface area contributed by atoms with Crippen molar-refractivity contribution in [2.24, 2.45) is 11.7 Å². The van der Waals surface area contributed by atoms with Crippen LogP contribution in [0.25, 0.3) is 0 Å². The SMILES string of the molecule is CCOc1ccc(F)cc1C(C)C(C)C(N)=S. The predicted molar refractivity (Wildman–Crippen MR) is 71.9 cm³/mol. The van der Waals surface area contributed by atoms with Gasteiger partial charge in [0.25, 0.3) is 0 Å². The summed E-state index contributed by atoms with van der Waals surface area (Å²) in [6.45, 7) is 6.36. The van der Waals surface area contributed by atoms with Crippen molar-refractivity contribution in [1.82, 2.24) is 0 Å². The Kier molecular flexibility index (Phi) is 4.87. The summed E-state index contributed by atoms with van der Waals surface area (Å²) >= 11 is 4.98. The molecule has 2 N–H and O–H groups in total. The van der Waals surface area contributed by atoms with Crippen LogP contribution in [0.4, 0.5) is 4.39 Å². The summed E-state index contributed by atoms with van der Waals surface area (Å²) < 4.78 is 18.8. The van der Waals surface area contributed by atoms with Crippen LogP contribution >= 0.6 is 12.2 Å². The molecule has 1 aromatic rings. The van der Waals surface area contributed by atoms with E-state index in [4.69, 9.17) is 22.7 Å². The highest BCUT2D eigenvalue weighted by Crippen LogP contribution is 2.32. The smallest absolute Gasteiger partial charge is 0.123 e. The van der Waals surface area contributed by atoms with Gasteiger partial charge in [-0.3, -0.25) is 0 Å². The van der Waals surface area contributed by atoms with E-state index in [0.29, 0.717) is 17.3 Å². The van der Waals surface area contributed by atoms with Gasteiger partial charge in [0.15, 0.2) is 0 Å². The zero-order valence-corrected chi connectivity index (χ0v) is 11.2. The second-order valence-corrected chi connectivity index (χ2v) is 4.57. The molecular formula is C13H18FNOS. The van der Waals surface area contributed by atoms with E-state index < -0.39 is 0 Å². The molecule has 0 aliphatic heterocycles. The number of nitrogens with two attached hydrogens (primary N) is 1. The van der Waals surface area contributed by atoms with Crippen molar-refractivity contribution in [3.63, 3.8) is 0 Å². The molecule has 4 heteroatoms. The van der Waals surface area contributed by atoms with E-state index in [9.17, 15) is 4.39 Å². The third-order valence-electron chi connectivity index (χ3n) is 2.96. The van der Waals surface area contributed by atoms with Crippen LogP contribution in [0.2, 0.25) is 0 Å². The minimum absolute atomic E-state index is 0.00556. The number of ether oxygens (including phenoxy) is 1. The number of benzene rings is 1. The van der Waals surface area contributed by atoms with Gasteiger partial charge in [0.2, 0.25) is 0 Å². The van der Waals surface area contributed by atoms with Crippen LogP contribution in [0.15, 0.2) is 18.2 Å². The van der Waals surface area contributed by atoms with E-state index >= 15 is 0 Å². The molecule has 0 fully saturated rings. The molecule has 94 valence electrons. The van der Waals surface area contributed by atoms with E-state index in [1.165, 1.54) is 12.1 Å². The molecule has 17 heavy (non-hydrogen) atoms. The highest BCUT2D eigenvalue weighted by atomic mass is 32.1. The zero-order chi connectivity index (χ0) is 13.0. The van der Waals surface area contributed by atoms with Gasteiger partial charge in [-0.05, 0) is 31.0 Å². The van der Waals surface area contributed by atoms with Gasteiger partial charge in [-0.2, -0.15) is 0 Å². The van der Waals surface area contributed by atoms with Crippen LogP contribution in [0.3, 0.4) is 0 Å². The molecule has 0 saturated heterocycles. The predicted octanol–water partition coefficient (Wildman–Crippen LogP) is 3.25. The molecular weight excluding hydrogens is 237 g/mol. The Morgan fingerprint density at radius 1 is 1.47 bits per heavy atom. The maximum absolute atomic E-state index is 13.3. The van der Waals surface area contributed by atoms with Gasteiger partial charge >= 0.3 is 0 Å². The summed E-state index contributed by atoms with van der Waals surface area (Å²) in [6.07, 6.45) is 0. The van der Waals surface area contributed by atoms with Gasteiger partial charge in [0.05, 0.1) is 11.6 Å². The standard InChI is InChI=1S/C13H18FNOS/c1-4-16-12-6-5-10(14)7-11(12)8(2)9(3)13(15)17/h5-9H,4H2,1-3H3,(H2,15,17). The molecule has 2 nitrogen and oxygen atoms in total. The van der Waals surface area contributed by atoms with Gasteiger partial charge < -0.3 is 10.5 Å². The first-order chi connectivity index (χ1) is 7.97. The lowest BCUT2D eigenvalue weighted by molar-refractivity contribution is 0.332. The summed E-state index contributed by atoms with van der Waals surface area (Å²) in [5, 5.41) is 0. The number of halogens is 1. The van der Waals surface area contributed by atoms with Crippen molar-refractivity contribution < 1.29 is 9.13 Å². The van der Waals surface area contributed by atoms with Crippen molar-refractivity contribution in [2.45, 2.75) is 26.7 Å². The third-order valence-corrected chi connectivity index (χ3v) is 3.33. The van der Waals surface area contributed by atoms with Gasteiger partial charge in [0.1, 0.15) is 11.6 Å². The Morgan fingerprint density at radius 2 is 2.12 bits per heavy atom. The van der Waals surface area contributed by atoms with Crippen molar-refractivity contribution in [3.8, 4) is 5.75 Å². The fraction of sp³-hybridized carbons (Fsp3) is 0.462. The van der Waals surface area contributed by atoms with Gasteiger partial charge in [-0.15, -0.1) is 0 Å². The van der Waals surface area contributed by atoms with E-state index in [2.05, 4.69) is 0 Å². The van der Waals surface area contributed by atoms with E-state index in [0.717, 1.165) is 5.56 Å². The van der Waals surface area contributed by atoms with Crippen LogP contribution in [0.1, 0.15) is 32.3 Å². The average molecular weight is 255 g/mol. The summed E-state index contributed by atoms with van der Waals surface area (Å²) in [7, 11) is 0. The maximum atomic E-state index is 13.3. The summed E-state index contributed by atoms with van der Waals surface area (Å²) in [6, 6.07) is 4.54. The number of hydrogen-bond donors (Lipinski definition) is 1. The highest BCUT2D eigenvalue weighted by Gasteiger charge is 2.20. The molecule has 0 aromatic heterocycles. The molecule has 0 bridgehead atoms. The van der Waals surface area contributed by atoms with E-state index in [1.807, 2.05) is 20.8 Å². The van der Waals surface area contributed by atoms with Crippen LogP contribution in [0.5, 0.6) is 5.75 Å². The maximum Gasteiger partial charge on any atom is 0.123 e. The van der Waals surface area contributed by atoms with E-state index in [1.54, 1.807) is 6.07 Å². The Morgan fingerprint density at radius 3 is 2.65 bits per heavy atom. The first kappa shape index (κ1) is 13.9. The lowest BCUT2D eigenvalue weighted by atomic mass is 9.88. The second-order valence-electron chi connectivity index (χ2n) is 4.09. The molecule has 0 spiro atoms. The normalized spacial score (nSPS) is 14.1. The van der Waals surface area contributed by atoms with Gasteiger partial charge in [-0.1, -0.05) is 26.1 Å². The third kappa shape index (κ3) is 3.40. The zero-order valence-electron chi connectivity index (χ0n) is 10.4. The summed E-state index contributed by atoms with van der Waals surface area (Å²) in [4.78, 5) is 0.434. The van der Waals surface area contributed by atoms with Crippen LogP contribution < -0.4 is 10.5 Å². The van der Waals surface area contributed by atoms with Crippen LogP contribution in [-0.4, -0.2) is 11.6 Å². The lowest BCUT2D eigenvalue weighted by Gasteiger charge is -2.21. The van der Waals surface area contributed by atoms with Crippen LogP contribution in [0, 0.1) is 11.7 Å². The van der Waals surface area contributed by atoms with Crippen molar-refractivity contribution in [1.29, 1.82) is 0 Å². The Bertz CT molecular complexity index is 408. The summed E-state index contributed by atoms with van der Waals surface area (Å²) in [5.41, 5.74) is 6.45. The molecule has 0 amide bonds. The first-order valence-electron chi connectivity index (χ1n) is 5.69. The number of rotatable bonds is 5. The highest BCUT2D eigenvalue weighted by molar-refractivity contribution is 7.80. The largest absolute Gasteiger partial charge is 0.494 e. The quantitative estimate of drug-likeness (QED) is 0.820. The Hall–Kier alpha value is -1.16. The topological polar surface area (TPSA) is 35.2 Å². The molecule has 2 atom stereocenters. The van der Waals surface area contributed by atoms with E-state index in [-0.39, 0.29) is 17.7 Å². The Labute approximate surface area is 107 Å². The molecule has 0 radical (unpaired) electrons. The van der Waals surface area contributed by atoms with Crippen LogP contribution in [-0.2, 0) is 0 Å². The van der Waals surface area contributed by atoms with Crippen molar-refractivity contribution in [2.75, 3.05) is 6.61 Å². The van der Waals surface area contributed by atoms with Crippen molar-refractivity contribution in [3.05, 3.63) is 29.6 Å². The first-order valence-corrected chi connectivity index (χ1v) is 6.09. The molecule has 2 unspecified atom stereocenters. The number of thiocarbonyl (C=S) groups is 1. The summed E-state index contributed by atoms with van der Waals surface area (Å²) in [5.74, 6) is 0.464. The van der Waals surface area contributed by atoms with Crippen molar-refractivity contribution >= 4 is 17.2 Å². The lowest BCUT2D eigenvalue weighted by Crippen LogP contribution is -2.23. The average Bonchev–Trinajstić information content (AvgIpc) is 2.29. The fourth-order valence-electron chi connectivity index (χ4n) is 1.68. The Balaban J connectivity index is 3.09.